The lowest BCUT2D eigenvalue weighted by Crippen LogP contribution is -2.02. The van der Waals surface area contributed by atoms with E-state index >= 15 is 0 Å². The van der Waals surface area contributed by atoms with Gasteiger partial charge in [0.05, 0.1) is 12.1 Å². The third-order valence-electron chi connectivity index (χ3n) is 2.80. The molecule has 0 fully saturated rings. The van der Waals surface area contributed by atoms with Crippen LogP contribution in [0.2, 0.25) is 0 Å². The van der Waals surface area contributed by atoms with Crippen molar-refractivity contribution in [1.29, 1.82) is 0 Å². The summed E-state index contributed by atoms with van der Waals surface area (Å²) in [6, 6.07) is 11.1. The van der Waals surface area contributed by atoms with Gasteiger partial charge in [0.25, 0.3) is 0 Å². The van der Waals surface area contributed by atoms with Crippen LogP contribution in [-0.4, -0.2) is 9.78 Å². The zero-order chi connectivity index (χ0) is 12.5. The van der Waals surface area contributed by atoms with E-state index in [1.165, 1.54) is 6.07 Å². The van der Waals surface area contributed by atoms with Gasteiger partial charge in [0.1, 0.15) is 11.6 Å². The molecule has 1 aromatic heterocycles. The summed E-state index contributed by atoms with van der Waals surface area (Å²) in [5, 5.41) is 5.29. The van der Waals surface area contributed by atoms with Gasteiger partial charge in [-0.15, -0.1) is 0 Å². The fraction of sp³-hybridized carbons (Fsp3) is 0.0714. The maximum Gasteiger partial charge on any atom is 0.128 e. The number of hydrogen-bond donors (Lipinski definition) is 0. The van der Waals surface area contributed by atoms with Crippen molar-refractivity contribution >= 4 is 10.9 Å². The first kappa shape index (κ1) is 10.9. The van der Waals surface area contributed by atoms with E-state index in [9.17, 15) is 8.78 Å². The van der Waals surface area contributed by atoms with E-state index in [1.807, 2.05) is 30.5 Å². The van der Waals surface area contributed by atoms with Crippen LogP contribution in [0, 0.1) is 11.6 Å². The highest BCUT2D eigenvalue weighted by atomic mass is 19.1. The molecule has 0 spiro atoms. The van der Waals surface area contributed by atoms with Crippen LogP contribution >= 0.6 is 0 Å². The van der Waals surface area contributed by atoms with Crippen molar-refractivity contribution in [3.63, 3.8) is 0 Å². The first-order valence-electron chi connectivity index (χ1n) is 5.58. The Morgan fingerprint density at radius 2 is 1.89 bits per heavy atom. The molecule has 0 atom stereocenters. The SMILES string of the molecule is Fc1ccc(F)c(Cn2cc3ccccc3n2)c1. The van der Waals surface area contributed by atoms with Crippen molar-refractivity contribution in [1.82, 2.24) is 9.78 Å². The number of aromatic nitrogens is 2. The smallest absolute Gasteiger partial charge is 0.128 e. The lowest BCUT2D eigenvalue weighted by atomic mass is 10.2. The summed E-state index contributed by atoms with van der Waals surface area (Å²) in [6.45, 7) is 0.221. The molecule has 0 saturated carbocycles. The largest absolute Gasteiger partial charge is 0.267 e. The molecule has 0 radical (unpaired) electrons. The van der Waals surface area contributed by atoms with Crippen LogP contribution in [0.15, 0.2) is 48.7 Å². The van der Waals surface area contributed by atoms with Gasteiger partial charge in [-0.3, -0.25) is 4.68 Å². The third kappa shape index (κ3) is 1.97. The summed E-state index contributed by atoms with van der Waals surface area (Å²) in [5.41, 5.74) is 1.14. The normalized spacial score (nSPS) is 11.0. The highest BCUT2D eigenvalue weighted by Gasteiger charge is 2.06. The second-order valence-electron chi connectivity index (χ2n) is 4.12. The number of rotatable bonds is 2. The van der Waals surface area contributed by atoms with E-state index in [0.29, 0.717) is 5.56 Å². The van der Waals surface area contributed by atoms with E-state index in [4.69, 9.17) is 0 Å². The molecule has 3 rings (SSSR count). The topological polar surface area (TPSA) is 17.8 Å². The highest BCUT2D eigenvalue weighted by Crippen LogP contribution is 2.15. The summed E-state index contributed by atoms with van der Waals surface area (Å²) >= 11 is 0. The molecular weight excluding hydrogens is 234 g/mol. The maximum absolute atomic E-state index is 13.5. The summed E-state index contributed by atoms with van der Waals surface area (Å²) in [6.07, 6.45) is 1.82. The average molecular weight is 244 g/mol. The predicted octanol–water partition coefficient (Wildman–Crippen LogP) is 3.36. The van der Waals surface area contributed by atoms with Gasteiger partial charge in [0.15, 0.2) is 0 Å². The molecule has 4 heteroatoms. The first-order chi connectivity index (χ1) is 8.72. The number of fused-ring (bicyclic) bond motifs is 1. The van der Waals surface area contributed by atoms with Crippen LogP contribution < -0.4 is 0 Å². The van der Waals surface area contributed by atoms with E-state index in [1.54, 1.807) is 4.68 Å². The van der Waals surface area contributed by atoms with Crippen molar-refractivity contribution in [3.8, 4) is 0 Å². The fourth-order valence-corrected chi connectivity index (χ4v) is 1.94. The van der Waals surface area contributed by atoms with Gasteiger partial charge in [-0.25, -0.2) is 8.78 Å². The maximum atomic E-state index is 13.5. The van der Waals surface area contributed by atoms with Crippen LogP contribution in [0.5, 0.6) is 0 Å². The molecule has 0 unspecified atom stereocenters. The Balaban J connectivity index is 1.98. The zero-order valence-electron chi connectivity index (χ0n) is 9.48. The molecular formula is C14H10F2N2. The van der Waals surface area contributed by atoms with E-state index < -0.39 is 11.6 Å². The molecule has 0 amide bonds. The van der Waals surface area contributed by atoms with Crippen LogP contribution in [0.1, 0.15) is 5.56 Å². The second kappa shape index (κ2) is 4.22. The second-order valence-corrected chi connectivity index (χ2v) is 4.12. The Kier molecular flexibility index (Phi) is 2.55. The molecule has 18 heavy (non-hydrogen) atoms. The molecule has 1 heterocycles. The number of benzene rings is 2. The number of hydrogen-bond acceptors (Lipinski definition) is 1. The lowest BCUT2D eigenvalue weighted by molar-refractivity contribution is 0.567. The number of nitrogens with zero attached hydrogens (tertiary/aromatic N) is 2. The molecule has 3 aromatic rings. The molecule has 90 valence electrons. The van der Waals surface area contributed by atoms with Crippen molar-refractivity contribution in [3.05, 3.63) is 65.9 Å². The van der Waals surface area contributed by atoms with Crippen molar-refractivity contribution < 1.29 is 8.78 Å². The van der Waals surface area contributed by atoms with Gasteiger partial charge >= 0.3 is 0 Å². The zero-order valence-corrected chi connectivity index (χ0v) is 9.48. The van der Waals surface area contributed by atoms with Crippen LogP contribution in [0.25, 0.3) is 10.9 Å². The van der Waals surface area contributed by atoms with Crippen molar-refractivity contribution in [2.24, 2.45) is 0 Å². The summed E-state index contributed by atoms with van der Waals surface area (Å²) in [5.74, 6) is -0.862. The fourth-order valence-electron chi connectivity index (χ4n) is 1.94. The van der Waals surface area contributed by atoms with Gasteiger partial charge in [-0.1, -0.05) is 18.2 Å². The number of halogens is 2. The minimum Gasteiger partial charge on any atom is -0.267 e. The van der Waals surface area contributed by atoms with Gasteiger partial charge in [0.2, 0.25) is 0 Å². The molecule has 0 N–H and O–H groups in total. The molecule has 2 aromatic carbocycles. The average Bonchev–Trinajstić information content (AvgIpc) is 2.76. The Bertz CT molecular complexity index is 671. The molecule has 0 bridgehead atoms. The molecule has 0 aliphatic carbocycles. The van der Waals surface area contributed by atoms with Crippen LogP contribution in [0.4, 0.5) is 8.78 Å². The van der Waals surface area contributed by atoms with Crippen molar-refractivity contribution in [2.75, 3.05) is 0 Å². The molecule has 0 aliphatic rings. The minimum absolute atomic E-state index is 0.221. The van der Waals surface area contributed by atoms with Crippen LogP contribution in [0.3, 0.4) is 0 Å². The Labute approximate surface area is 102 Å². The summed E-state index contributed by atoms with van der Waals surface area (Å²) in [4.78, 5) is 0. The van der Waals surface area contributed by atoms with E-state index in [-0.39, 0.29) is 6.54 Å². The highest BCUT2D eigenvalue weighted by molar-refractivity contribution is 5.77. The monoisotopic (exact) mass is 244 g/mol. The van der Waals surface area contributed by atoms with Crippen LogP contribution in [-0.2, 0) is 6.54 Å². The molecule has 2 nitrogen and oxygen atoms in total. The lowest BCUT2D eigenvalue weighted by Gasteiger charge is -2.03. The standard InChI is InChI=1S/C14H10F2N2/c15-12-5-6-13(16)11(7-12)9-18-8-10-3-1-2-4-14(10)17-18/h1-8H,9H2. The Morgan fingerprint density at radius 1 is 1.06 bits per heavy atom. The minimum atomic E-state index is -0.442. The van der Waals surface area contributed by atoms with Gasteiger partial charge < -0.3 is 0 Å². The van der Waals surface area contributed by atoms with Gasteiger partial charge in [0, 0.05) is 17.1 Å². The molecule has 0 aliphatic heterocycles. The van der Waals surface area contributed by atoms with E-state index in [2.05, 4.69) is 5.10 Å². The summed E-state index contributed by atoms with van der Waals surface area (Å²) in [7, 11) is 0. The molecule has 0 saturated heterocycles. The quantitative estimate of drug-likeness (QED) is 0.675. The van der Waals surface area contributed by atoms with E-state index in [0.717, 1.165) is 23.0 Å². The Hall–Kier alpha value is -2.23. The Morgan fingerprint density at radius 3 is 2.72 bits per heavy atom. The van der Waals surface area contributed by atoms with Crippen molar-refractivity contribution in [2.45, 2.75) is 6.54 Å². The first-order valence-corrected chi connectivity index (χ1v) is 5.58. The van der Waals surface area contributed by atoms with Gasteiger partial charge in [-0.2, -0.15) is 5.10 Å². The van der Waals surface area contributed by atoms with Gasteiger partial charge in [-0.05, 0) is 24.3 Å². The predicted molar refractivity (Wildman–Crippen MR) is 65.2 cm³/mol. The third-order valence-corrected chi connectivity index (χ3v) is 2.80. The summed E-state index contributed by atoms with van der Waals surface area (Å²) < 4.78 is 28.2.